The number of hydrogen-bond acceptors (Lipinski definition) is 3. The predicted molar refractivity (Wildman–Crippen MR) is 88.3 cm³/mol. The van der Waals surface area contributed by atoms with Crippen LogP contribution in [-0.2, 0) is 6.54 Å². The molecule has 1 aromatic carbocycles. The highest BCUT2D eigenvalue weighted by Gasteiger charge is 2.11. The summed E-state index contributed by atoms with van der Waals surface area (Å²) in [6.07, 6.45) is 1.86. The van der Waals surface area contributed by atoms with Gasteiger partial charge in [-0.3, -0.25) is 9.20 Å². The minimum atomic E-state index is -0.163. The monoisotopic (exact) mass is 412 g/mol. The number of aromatic nitrogens is 3. The highest BCUT2D eigenvalue weighted by molar-refractivity contribution is 14.1. The number of nitrogens with zero attached hydrogens (tertiary/aromatic N) is 3. The number of benzene rings is 1. The van der Waals surface area contributed by atoms with Crippen molar-refractivity contribution < 1.29 is 4.79 Å². The fraction of sp³-hybridized carbons (Fsp3) is 0.0714. The van der Waals surface area contributed by atoms with Crippen molar-refractivity contribution in [1.82, 2.24) is 19.9 Å². The summed E-state index contributed by atoms with van der Waals surface area (Å²) < 4.78 is 2.65. The van der Waals surface area contributed by atoms with Gasteiger partial charge in [-0.25, -0.2) is 0 Å². The average molecular weight is 413 g/mol. The highest BCUT2D eigenvalue weighted by atomic mass is 127. The molecule has 0 spiro atoms. The van der Waals surface area contributed by atoms with Crippen LogP contribution < -0.4 is 5.32 Å². The maximum Gasteiger partial charge on any atom is 0.252 e. The molecule has 0 aliphatic carbocycles. The van der Waals surface area contributed by atoms with E-state index in [4.69, 9.17) is 11.6 Å². The van der Waals surface area contributed by atoms with Gasteiger partial charge in [0.25, 0.3) is 5.91 Å². The molecule has 0 saturated carbocycles. The van der Waals surface area contributed by atoms with Crippen LogP contribution in [0.4, 0.5) is 0 Å². The van der Waals surface area contributed by atoms with Crippen LogP contribution >= 0.6 is 34.2 Å². The molecule has 7 heteroatoms. The molecule has 0 unspecified atom stereocenters. The zero-order valence-electron chi connectivity index (χ0n) is 10.8. The summed E-state index contributed by atoms with van der Waals surface area (Å²) in [5, 5.41) is 11.6. The second kappa shape index (κ2) is 5.98. The lowest BCUT2D eigenvalue weighted by atomic mass is 10.2. The van der Waals surface area contributed by atoms with Gasteiger partial charge in [0, 0.05) is 14.8 Å². The first-order chi connectivity index (χ1) is 10.1. The summed E-state index contributed by atoms with van der Waals surface area (Å²) in [5.74, 6) is 0.520. The number of rotatable bonds is 3. The number of carbonyl (C=O) groups excluding carboxylic acids is 1. The molecule has 0 aliphatic rings. The summed E-state index contributed by atoms with van der Waals surface area (Å²) in [5.41, 5.74) is 1.34. The van der Waals surface area contributed by atoms with Gasteiger partial charge in [-0.05, 0) is 52.9 Å². The molecule has 3 aromatic rings. The van der Waals surface area contributed by atoms with Gasteiger partial charge < -0.3 is 5.32 Å². The summed E-state index contributed by atoms with van der Waals surface area (Å²) in [4.78, 5) is 12.2. The fourth-order valence-electron chi connectivity index (χ4n) is 1.94. The number of fused-ring (bicyclic) bond motifs is 1. The van der Waals surface area contributed by atoms with Gasteiger partial charge in [0.05, 0.1) is 12.1 Å². The quantitative estimate of drug-likeness (QED) is 0.673. The molecule has 1 amide bonds. The van der Waals surface area contributed by atoms with Crippen molar-refractivity contribution in [3.63, 3.8) is 0 Å². The first kappa shape index (κ1) is 14.3. The van der Waals surface area contributed by atoms with Crippen LogP contribution in [0.5, 0.6) is 0 Å². The number of amides is 1. The number of carbonyl (C=O) groups is 1. The van der Waals surface area contributed by atoms with Gasteiger partial charge in [0.2, 0.25) is 0 Å². The molecule has 0 aliphatic heterocycles. The lowest BCUT2D eigenvalue weighted by molar-refractivity contribution is 0.0949. The Hall–Kier alpha value is -1.67. The van der Waals surface area contributed by atoms with Crippen LogP contribution in [0.1, 0.15) is 16.2 Å². The standard InChI is InChI=1S/C14H10ClIN4O/c15-9-4-5-10(11(16)7-9)14(21)17-8-13-19-18-12-3-1-2-6-20(12)13/h1-7H,8H2,(H,17,21). The van der Waals surface area contributed by atoms with Crippen molar-refractivity contribution >= 4 is 45.7 Å². The number of hydrogen-bond donors (Lipinski definition) is 1. The van der Waals surface area contributed by atoms with Gasteiger partial charge in [0.15, 0.2) is 11.5 Å². The summed E-state index contributed by atoms with van der Waals surface area (Å²) >= 11 is 7.98. The molecule has 0 saturated heterocycles. The second-order valence-corrected chi connectivity index (χ2v) is 5.95. The first-order valence-electron chi connectivity index (χ1n) is 6.17. The van der Waals surface area contributed by atoms with Gasteiger partial charge in [-0.15, -0.1) is 10.2 Å². The van der Waals surface area contributed by atoms with Gasteiger partial charge in [-0.1, -0.05) is 17.7 Å². The zero-order valence-corrected chi connectivity index (χ0v) is 13.7. The van der Waals surface area contributed by atoms with E-state index in [1.807, 2.05) is 28.8 Å². The Morgan fingerprint density at radius 3 is 2.95 bits per heavy atom. The molecule has 2 aromatic heterocycles. The van der Waals surface area contributed by atoms with E-state index in [1.165, 1.54) is 0 Å². The molecule has 21 heavy (non-hydrogen) atoms. The van der Waals surface area contributed by atoms with Crippen molar-refractivity contribution in [1.29, 1.82) is 0 Å². The summed E-state index contributed by atoms with van der Waals surface area (Å²) in [6, 6.07) is 10.8. The highest BCUT2D eigenvalue weighted by Crippen LogP contribution is 2.18. The topological polar surface area (TPSA) is 59.3 Å². The second-order valence-electron chi connectivity index (χ2n) is 4.35. The zero-order chi connectivity index (χ0) is 14.8. The third-order valence-corrected chi connectivity index (χ3v) is 4.09. The molecule has 2 heterocycles. The van der Waals surface area contributed by atoms with E-state index in [-0.39, 0.29) is 5.91 Å². The summed E-state index contributed by atoms with van der Waals surface area (Å²) in [6.45, 7) is 0.308. The van der Waals surface area contributed by atoms with Crippen molar-refractivity contribution in [2.45, 2.75) is 6.54 Å². The Bertz CT molecular complexity index is 818. The molecule has 3 rings (SSSR count). The van der Waals surface area contributed by atoms with Crippen molar-refractivity contribution in [2.75, 3.05) is 0 Å². The Morgan fingerprint density at radius 2 is 2.14 bits per heavy atom. The largest absolute Gasteiger partial charge is 0.345 e. The summed E-state index contributed by atoms with van der Waals surface area (Å²) in [7, 11) is 0. The third-order valence-electron chi connectivity index (χ3n) is 2.97. The van der Waals surface area contributed by atoms with Gasteiger partial charge >= 0.3 is 0 Å². The van der Waals surface area contributed by atoms with E-state index in [0.717, 1.165) is 9.22 Å². The molecule has 5 nitrogen and oxygen atoms in total. The smallest absolute Gasteiger partial charge is 0.252 e. The molecule has 0 fully saturated rings. The first-order valence-corrected chi connectivity index (χ1v) is 7.63. The van der Waals surface area contributed by atoms with Crippen molar-refractivity contribution in [2.24, 2.45) is 0 Å². The third kappa shape index (κ3) is 3.01. The van der Waals surface area contributed by atoms with Crippen LogP contribution in [0.15, 0.2) is 42.6 Å². The number of pyridine rings is 1. The van der Waals surface area contributed by atoms with E-state index in [2.05, 4.69) is 38.1 Å². The van der Waals surface area contributed by atoms with Crippen molar-refractivity contribution in [3.8, 4) is 0 Å². The van der Waals surface area contributed by atoms with E-state index >= 15 is 0 Å². The number of nitrogens with one attached hydrogen (secondary N) is 1. The Labute approximate surface area is 139 Å². The molecule has 1 N–H and O–H groups in total. The molecular weight excluding hydrogens is 403 g/mol. The molecule has 0 radical (unpaired) electrons. The fourth-order valence-corrected chi connectivity index (χ4v) is 3.06. The van der Waals surface area contributed by atoms with Crippen LogP contribution in [0.25, 0.3) is 5.65 Å². The van der Waals surface area contributed by atoms with E-state index in [1.54, 1.807) is 18.2 Å². The van der Waals surface area contributed by atoms with Crippen LogP contribution in [0.2, 0.25) is 5.02 Å². The maximum absolute atomic E-state index is 12.2. The Morgan fingerprint density at radius 1 is 1.29 bits per heavy atom. The van der Waals surface area contributed by atoms with Gasteiger partial charge in [-0.2, -0.15) is 0 Å². The van der Waals surface area contributed by atoms with E-state index < -0.39 is 0 Å². The minimum Gasteiger partial charge on any atom is -0.345 e. The van der Waals surface area contributed by atoms with Crippen molar-refractivity contribution in [3.05, 3.63) is 62.6 Å². The molecule has 0 bridgehead atoms. The molecule has 106 valence electrons. The Balaban J connectivity index is 1.77. The lowest BCUT2D eigenvalue weighted by Crippen LogP contribution is -2.24. The SMILES string of the molecule is O=C(NCc1nnc2ccccn12)c1ccc(Cl)cc1I. The average Bonchev–Trinajstić information content (AvgIpc) is 2.88. The normalized spacial score (nSPS) is 10.8. The van der Waals surface area contributed by atoms with Crippen LogP contribution in [-0.4, -0.2) is 20.5 Å². The van der Waals surface area contributed by atoms with E-state index in [9.17, 15) is 4.79 Å². The minimum absolute atomic E-state index is 0.163. The predicted octanol–water partition coefficient (Wildman–Crippen LogP) is 2.92. The maximum atomic E-state index is 12.2. The molecular formula is C14H10ClIN4O. The number of halogens is 2. The van der Waals surface area contributed by atoms with Crippen LogP contribution in [0.3, 0.4) is 0 Å². The van der Waals surface area contributed by atoms with E-state index in [0.29, 0.717) is 23.0 Å². The Kier molecular flexibility index (Phi) is 4.07. The van der Waals surface area contributed by atoms with Gasteiger partial charge in [0.1, 0.15) is 0 Å². The van der Waals surface area contributed by atoms with Crippen LogP contribution in [0, 0.1) is 3.57 Å². The molecule has 0 atom stereocenters. The lowest BCUT2D eigenvalue weighted by Gasteiger charge is -2.06.